The first-order valence-corrected chi connectivity index (χ1v) is 8.82. The molecular formula is C18H27N5. The van der Waals surface area contributed by atoms with Crippen LogP contribution in [0.25, 0.3) is 0 Å². The number of rotatable bonds is 4. The first kappa shape index (κ1) is 15.8. The van der Waals surface area contributed by atoms with E-state index in [2.05, 4.69) is 39.2 Å². The van der Waals surface area contributed by atoms with Gasteiger partial charge in [-0.1, -0.05) is 31.5 Å². The van der Waals surface area contributed by atoms with Crippen molar-refractivity contribution in [2.24, 2.45) is 9.98 Å². The maximum atomic E-state index is 4.89. The fourth-order valence-electron chi connectivity index (χ4n) is 2.99. The molecule has 1 saturated heterocycles. The van der Waals surface area contributed by atoms with Crippen LogP contribution >= 0.6 is 0 Å². The largest absolute Gasteiger partial charge is 0.342 e. The number of para-hydroxylation sites is 1. The molecule has 2 heterocycles. The van der Waals surface area contributed by atoms with Crippen molar-refractivity contribution < 1.29 is 0 Å². The van der Waals surface area contributed by atoms with Gasteiger partial charge in [-0.25, -0.2) is 4.99 Å². The molecule has 1 N–H and O–H groups in total. The molecule has 124 valence electrons. The number of likely N-dealkylation sites (tertiary alicyclic amines) is 1. The molecule has 2 aliphatic heterocycles. The minimum atomic E-state index is 0.862. The minimum Gasteiger partial charge on any atom is -0.342 e. The SMILES string of the molecule is CCCCN1CCN=C1N=C(Nc1ccccc1)N1CCCC1. The van der Waals surface area contributed by atoms with E-state index in [9.17, 15) is 0 Å². The zero-order valence-electron chi connectivity index (χ0n) is 14.0. The van der Waals surface area contributed by atoms with Crippen molar-refractivity contribution in [1.82, 2.24) is 9.80 Å². The lowest BCUT2D eigenvalue weighted by molar-refractivity contribution is 0.438. The van der Waals surface area contributed by atoms with E-state index in [4.69, 9.17) is 4.99 Å². The molecule has 0 atom stereocenters. The average molecular weight is 313 g/mol. The molecule has 3 rings (SSSR count). The molecule has 0 radical (unpaired) electrons. The second-order valence-electron chi connectivity index (χ2n) is 6.14. The Morgan fingerprint density at radius 3 is 2.70 bits per heavy atom. The number of guanidine groups is 2. The molecule has 0 spiro atoms. The van der Waals surface area contributed by atoms with Crippen molar-refractivity contribution in [3.8, 4) is 0 Å². The van der Waals surface area contributed by atoms with Crippen LogP contribution < -0.4 is 5.32 Å². The second kappa shape index (κ2) is 7.99. The minimum absolute atomic E-state index is 0.862. The monoisotopic (exact) mass is 313 g/mol. The molecule has 0 amide bonds. The summed E-state index contributed by atoms with van der Waals surface area (Å²) in [6.45, 7) is 7.28. The molecule has 0 aliphatic carbocycles. The third kappa shape index (κ3) is 4.24. The Balaban J connectivity index is 1.76. The number of hydrogen-bond acceptors (Lipinski definition) is 3. The zero-order valence-corrected chi connectivity index (χ0v) is 14.0. The van der Waals surface area contributed by atoms with Gasteiger partial charge >= 0.3 is 0 Å². The predicted octanol–water partition coefficient (Wildman–Crippen LogP) is 3.02. The normalized spacial score (nSPS) is 18.5. The Labute approximate surface area is 139 Å². The Morgan fingerprint density at radius 2 is 1.96 bits per heavy atom. The smallest absolute Gasteiger partial charge is 0.224 e. The van der Waals surface area contributed by atoms with Crippen LogP contribution in [-0.2, 0) is 0 Å². The van der Waals surface area contributed by atoms with Gasteiger partial charge in [-0.15, -0.1) is 0 Å². The Bertz CT molecular complexity index is 546. The standard InChI is InChI=1S/C18H27N5/c1-2-3-12-23-15-11-19-17(23)21-18(22-13-7-8-14-22)20-16-9-5-4-6-10-16/h4-6,9-10H,2-3,7-8,11-15H2,1H3,(H,19,20,21). The van der Waals surface area contributed by atoms with E-state index in [0.29, 0.717) is 0 Å². The van der Waals surface area contributed by atoms with Crippen molar-refractivity contribution in [3.63, 3.8) is 0 Å². The maximum absolute atomic E-state index is 4.89. The number of unbranched alkanes of at least 4 members (excludes halogenated alkanes) is 1. The van der Waals surface area contributed by atoms with E-state index in [1.807, 2.05) is 18.2 Å². The lowest BCUT2D eigenvalue weighted by Gasteiger charge is -2.23. The van der Waals surface area contributed by atoms with Crippen molar-refractivity contribution in [2.75, 3.05) is 38.0 Å². The molecule has 5 heteroatoms. The molecule has 1 aromatic rings. The van der Waals surface area contributed by atoms with Crippen LogP contribution in [0.1, 0.15) is 32.6 Å². The van der Waals surface area contributed by atoms with Gasteiger partial charge in [0.05, 0.1) is 6.54 Å². The molecule has 0 bridgehead atoms. The van der Waals surface area contributed by atoms with Crippen LogP contribution in [0.2, 0.25) is 0 Å². The van der Waals surface area contributed by atoms with E-state index in [1.165, 1.54) is 25.7 Å². The van der Waals surface area contributed by atoms with Crippen molar-refractivity contribution in [2.45, 2.75) is 32.6 Å². The highest BCUT2D eigenvalue weighted by Crippen LogP contribution is 2.14. The van der Waals surface area contributed by atoms with Gasteiger partial charge in [0.25, 0.3) is 0 Å². The first-order valence-electron chi connectivity index (χ1n) is 8.82. The summed E-state index contributed by atoms with van der Waals surface area (Å²) in [5.41, 5.74) is 1.08. The number of nitrogens with one attached hydrogen (secondary N) is 1. The van der Waals surface area contributed by atoms with E-state index < -0.39 is 0 Å². The van der Waals surface area contributed by atoms with Gasteiger partial charge in [-0.2, -0.15) is 4.99 Å². The van der Waals surface area contributed by atoms with Crippen molar-refractivity contribution in [1.29, 1.82) is 0 Å². The summed E-state index contributed by atoms with van der Waals surface area (Å²) >= 11 is 0. The molecule has 0 aromatic heterocycles. The van der Waals surface area contributed by atoms with E-state index in [-0.39, 0.29) is 0 Å². The van der Waals surface area contributed by atoms with Crippen molar-refractivity contribution >= 4 is 17.6 Å². The van der Waals surface area contributed by atoms with Gasteiger partial charge < -0.3 is 15.1 Å². The Hall–Kier alpha value is -2.04. The van der Waals surface area contributed by atoms with E-state index >= 15 is 0 Å². The lowest BCUT2D eigenvalue weighted by Crippen LogP contribution is -2.37. The molecular weight excluding hydrogens is 286 g/mol. The number of anilines is 1. The molecule has 0 unspecified atom stereocenters. The summed E-state index contributed by atoms with van der Waals surface area (Å²) in [6.07, 6.45) is 4.87. The second-order valence-corrected chi connectivity index (χ2v) is 6.14. The van der Waals surface area contributed by atoms with Crippen molar-refractivity contribution in [3.05, 3.63) is 30.3 Å². The highest BCUT2D eigenvalue weighted by atomic mass is 15.4. The van der Waals surface area contributed by atoms with Crippen LogP contribution in [-0.4, -0.2) is 54.4 Å². The highest BCUT2D eigenvalue weighted by molar-refractivity contribution is 6.02. The molecule has 1 aromatic carbocycles. The summed E-state index contributed by atoms with van der Waals surface area (Å²) in [6, 6.07) is 10.3. The summed E-state index contributed by atoms with van der Waals surface area (Å²) < 4.78 is 0. The maximum Gasteiger partial charge on any atom is 0.224 e. The van der Waals surface area contributed by atoms with Crippen LogP contribution in [0, 0.1) is 0 Å². The van der Waals surface area contributed by atoms with Gasteiger partial charge in [0.2, 0.25) is 11.9 Å². The fourth-order valence-corrected chi connectivity index (χ4v) is 2.99. The molecule has 23 heavy (non-hydrogen) atoms. The summed E-state index contributed by atoms with van der Waals surface area (Å²) in [5, 5.41) is 3.49. The molecule has 0 saturated carbocycles. The number of aliphatic imine (C=N–C) groups is 2. The zero-order chi connectivity index (χ0) is 15.9. The average Bonchev–Trinajstić information content (AvgIpc) is 3.25. The topological polar surface area (TPSA) is 43.2 Å². The summed E-state index contributed by atoms with van der Waals surface area (Å²) in [4.78, 5) is 14.2. The van der Waals surface area contributed by atoms with Crippen LogP contribution in [0.5, 0.6) is 0 Å². The summed E-state index contributed by atoms with van der Waals surface area (Å²) in [7, 11) is 0. The van der Waals surface area contributed by atoms with Crippen LogP contribution in [0.3, 0.4) is 0 Å². The Kier molecular flexibility index (Phi) is 5.51. The fraction of sp³-hybridized carbons (Fsp3) is 0.556. The molecule has 1 fully saturated rings. The van der Waals surface area contributed by atoms with Gasteiger partial charge in [0, 0.05) is 31.9 Å². The number of nitrogens with zero attached hydrogens (tertiary/aromatic N) is 4. The van der Waals surface area contributed by atoms with Gasteiger partial charge in [0.1, 0.15) is 0 Å². The molecule has 2 aliphatic rings. The lowest BCUT2D eigenvalue weighted by atomic mass is 10.3. The van der Waals surface area contributed by atoms with E-state index in [1.54, 1.807) is 0 Å². The third-order valence-corrected chi connectivity index (χ3v) is 4.33. The van der Waals surface area contributed by atoms with Gasteiger partial charge in [-0.05, 0) is 31.4 Å². The van der Waals surface area contributed by atoms with E-state index in [0.717, 1.165) is 50.3 Å². The quantitative estimate of drug-likeness (QED) is 0.686. The number of benzene rings is 1. The predicted molar refractivity (Wildman–Crippen MR) is 97.1 cm³/mol. The third-order valence-electron chi connectivity index (χ3n) is 4.33. The highest BCUT2D eigenvalue weighted by Gasteiger charge is 2.21. The van der Waals surface area contributed by atoms with Crippen LogP contribution in [0.4, 0.5) is 5.69 Å². The Morgan fingerprint density at radius 1 is 1.17 bits per heavy atom. The van der Waals surface area contributed by atoms with Gasteiger partial charge in [-0.3, -0.25) is 0 Å². The first-order chi connectivity index (χ1) is 11.4. The molecule has 5 nitrogen and oxygen atoms in total. The number of hydrogen-bond donors (Lipinski definition) is 1. The van der Waals surface area contributed by atoms with Crippen LogP contribution in [0.15, 0.2) is 40.3 Å². The van der Waals surface area contributed by atoms with Gasteiger partial charge in [0.15, 0.2) is 0 Å². The summed E-state index contributed by atoms with van der Waals surface area (Å²) in [5.74, 6) is 1.83.